The monoisotopic (exact) mass is 469 g/mol. The summed E-state index contributed by atoms with van der Waals surface area (Å²) < 4.78 is 13.1. The third kappa shape index (κ3) is 4.97. The van der Waals surface area contributed by atoms with Crippen LogP contribution in [0.25, 0.3) is 11.0 Å². The highest BCUT2D eigenvalue weighted by atomic mass is 16.5. The third-order valence-corrected chi connectivity index (χ3v) is 5.68. The molecule has 2 heterocycles. The first-order valence-corrected chi connectivity index (χ1v) is 11.4. The predicted octanol–water partition coefficient (Wildman–Crippen LogP) is 4.89. The number of nitrogens with one attached hydrogen (secondary N) is 1. The van der Waals surface area contributed by atoms with Crippen molar-refractivity contribution < 1.29 is 13.9 Å². The molecule has 0 aliphatic rings. The van der Waals surface area contributed by atoms with E-state index in [1.165, 1.54) is 0 Å². The second-order valence-electron chi connectivity index (χ2n) is 8.40. The number of anilines is 1. The Morgan fingerprint density at radius 3 is 2.71 bits per heavy atom. The molecule has 0 amide bonds. The van der Waals surface area contributed by atoms with Crippen LogP contribution in [0, 0.1) is 25.7 Å². The lowest BCUT2D eigenvalue weighted by molar-refractivity contribution is 0.0527. The van der Waals surface area contributed by atoms with Crippen LogP contribution in [0.4, 0.5) is 5.69 Å². The van der Waals surface area contributed by atoms with Gasteiger partial charge in [0.15, 0.2) is 11.2 Å². The van der Waals surface area contributed by atoms with E-state index in [0.29, 0.717) is 40.2 Å². The molecule has 0 fully saturated rings. The van der Waals surface area contributed by atoms with E-state index in [1.54, 1.807) is 43.1 Å². The number of benzene rings is 2. The topological polar surface area (TPSA) is 86.4 Å². The lowest BCUT2D eigenvalue weighted by Gasteiger charge is -2.20. The number of ether oxygens (including phenoxy) is 1. The summed E-state index contributed by atoms with van der Waals surface area (Å²) in [6.45, 7) is 7.68. The van der Waals surface area contributed by atoms with Crippen LogP contribution < -0.4 is 10.7 Å². The summed E-state index contributed by atoms with van der Waals surface area (Å²) in [5.74, 6) is 5.92. The van der Waals surface area contributed by atoms with Gasteiger partial charge in [0, 0.05) is 30.1 Å². The molecule has 0 spiro atoms. The normalized spacial score (nSPS) is 11.6. The van der Waals surface area contributed by atoms with Crippen molar-refractivity contribution in [2.45, 2.75) is 33.7 Å². The minimum atomic E-state index is -0.396. The number of carbonyl (C=O) groups is 1. The van der Waals surface area contributed by atoms with E-state index in [-0.39, 0.29) is 11.5 Å². The Morgan fingerprint density at radius 1 is 1.23 bits per heavy atom. The molecule has 2 aromatic heterocycles. The number of carbonyl (C=O) groups excluding carboxylic acids is 1. The Hall–Kier alpha value is -4.31. The zero-order valence-corrected chi connectivity index (χ0v) is 20.4. The lowest BCUT2D eigenvalue weighted by Crippen LogP contribution is -2.15. The zero-order valence-electron chi connectivity index (χ0n) is 20.4. The summed E-state index contributed by atoms with van der Waals surface area (Å²) in [7, 11) is 1.82. The number of esters is 1. The van der Waals surface area contributed by atoms with Crippen molar-refractivity contribution in [1.29, 1.82) is 0 Å². The molecular formula is C28H27N3O4. The molecule has 1 unspecified atom stereocenters. The summed E-state index contributed by atoms with van der Waals surface area (Å²) in [6.07, 6.45) is 3.45. The number of hydrogen-bond acceptors (Lipinski definition) is 6. The van der Waals surface area contributed by atoms with Crippen molar-refractivity contribution in [2.75, 3.05) is 11.9 Å². The Kier molecular flexibility index (Phi) is 6.74. The summed E-state index contributed by atoms with van der Waals surface area (Å²) in [5, 5.41) is 8.00. The maximum Gasteiger partial charge on any atom is 0.340 e. The van der Waals surface area contributed by atoms with Crippen LogP contribution in [-0.2, 0) is 11.8 Å². The van der Waals surface area contributed by atoms with Crippen molar-refractivity contribution >= 4 is 22.6 Å². The van der Waals surface area contributed by atoms with Crippen LogP contribution in [0.1, 0.15) is 58.3 Å². The molecule has 7 heteroatoms. The van der Waals surface area contributed by atoms with Gasteiger partial charge < -0.3 is 14.5 Å². The maximum absolute atomic E-state index is 13.2. The van der Waals surface area contributed by atoms with Crippen LogP contribution >= 0.6 is 0 Å². The van der Waals surface area contributed by atoms with Gasteiger partial charge in [-0.1, -0.05) is 24.1 Å². The largest absolute Gasteiger partial charge is 0.462 e. The van der Waals surface area contributed by atoms with Gasteiger partial charge in [-0.3, -0.25) is 9.48 Å². The first kappa shape index (κ1) is 23.8. The fraction of sp³-hybridized carbons (Fsp3) is 0.250. The van der Waals surface area contributed by atoms with Crippen molar-refractivity contribution in [2.24, 2.45) is 7.05 Å². The molecule has 178 valence electrons. The average Bonchev–Trinajstić information content (AvgIpc) is 3.26. The van der Waals surface area contributed by atoms with Crippen LogP contribution in [0.5, 0.6) is 0 Å². The SMILES string of the molecule is CCOC(=O)c1ccccc1NC(C)c1cc(C)cc2c(=O)c(C)c(C#Cc3cnn(C)c3)oc12. The van der Waals surface area contributed by atoms with E-state index in [0.717, 1.165) is 16.7 Å². The smallest absolute Gasteiger partial charge is 0.340 e. The third-order valence-electron chi connectivity index (χ3n) is 5.68. The molecule has 0 bridgehead atoms. The standard InChI is InChI=1S/C28H27N3O4/c1-6-34-28(33)21-9-7-8-10-24(21)30-19(4)22-13-17(2)14-23-26(32)18(3)25(35-27(22)23)12-11-20-15-29-31(5)16-20/h7-10,13-16,19,30H,6H2,1-5H3. The van der Waals surface area contributed by atoms with Gasteiger partial charge in [0.2, 0.25) is 0 Å². The van der Waals surface area contributed by atoms with Gasteiger partial charge in [-0.05, 0) is 57.4 Å². The van der Waals surface area contributed by atoms with E-state index in [2.05, 4.69) is 22.3 Å². The van der Waals surface area contributed by atoms with Crippen LogP contribution in [0.15, 0.2) is 58.0 Å². The number of aromatic nitrogens is 2. The highest BCUT2D eigenvalue weighted by molar-refractivity contribution is 5.95. The Morgan fingerprint density at radius 2 is 2.00 bits per heavy atom. The number of rotatable bonds is 5. The maximum atomic E-state index is 13.2. The molecule has 1 atom stereocenters. The van der Waals surface area contributed by atoms with Gasteiger partial charge >= 0.3 is 5.97 Å². The van der Waals surface area contributed by atoms with Gasteiger partial charge in [0.25, 0.3) is 0 Å². The Labute approximate surface area is 203 Å². The highest BCUT2D eigenvalue weighted by Gasteiger charge is 2.19. The van der Waals surface area contributed by atoms with E-state index >= 15 is 0 Å². The minimum absolute atomic E-state index is 0.120. The van der Waals surface area contributed by atoms with E-state index in [4.69, 9.17) is 9.15 Å². The first-order chi connectivity index (χ1) is 16.8. The summed E-state index contributed by atoms with van der Waals surface area (Å²) in [4.78, 5) is 25.7. The van der Waals surface area contributed by atoms with Crippen molar-refractivity contribution in [1.82, 2.24) is 9.78 Å². The molecule has 1 N–H and O–H groups in total. The molecule has 0 aliphatic carbocycles. The second-order valence-corrected chi connectivity index (χ2v) is 8.40. The van der Waals surface area contributed by atoms with Gasteiger partial charge in [-0.15, -0.1) is 0 Å². The van der Waals surface area contributed by atoms with Gasteiger partial charge in [-0.2, -0.15) is 5.10 Å². The number of aryl methyl sites for hydroxylation is 2. The predicted molar refractivity (Wildman–Crippen MR) is 136 cm³/mol. The van der Waals surface area contributed by atoms with Gasteiger partial charge in [0.05, 0.1) is 35.4 Å². The zero-order chi connectivity index (χ0) is 25.1. The Bertz CT molecular complexity index is 1540. The number of para-hydroxylation sites is 1. The van der Waals surface area contributed by atoms with Crippen molar-refractivity contribution in [3.8, 4) is 11.8 Å². The summed E-state index contributed by atoms with van der Waals surface area (Å²) >= 11 is 0. The first-order valence-electron chi connectivity index (χ1n) is 11.4. The molecular weight excluding hydrogens is 442 g/mol. The van der Waals surface area contributed by atoms with Crippen LogP contribution in [0.2, 0.25) is 0 Å². The fourth-order valence-electron chi connectivity index (χ4n) is 3.93. The fourth-order valence-corrected chi connectivity index (χ4v) is 3.93. The quantitative estimate of drug-likeness (QED) is 0.331. The van der Waals surface area contributed by atoms with E-state index in [9.17, 15) is 9.59 Å². The number of hydrogen-bond donors (Lipinski definition) is 1. The summed E-state index contributed by atoms with van der Waals surface area (Å²) in [6, 6.07) is 10.7. The highest BCUT2D eigenvalue weighted by Crippen LogP contribution is 2.30. The minimum Gasteiger partial charge on any atom is -0.462 e. The molecule has 7 nitrogen and oxygen atoms in total. The molecule has 4 aromatic rings. The van der Waals surface area contributed by atoms with Gasteiger partial charge in [-0.25, -0.2) is 4.79 Å². The molecule has 0 saturated heterocycles. The Balaban J connectivity index is 1.79. The number of nitrogens with zero attached hydrogens (tertiary/aromatic N) is 2. The second kappa shape index (κ2) is 9.90. The van der Waals surface area contributed by atoms with Crippen LogP contribution in [0.3, 0.4) is 0 Å². The van der Waals surface area contributed by atoms with E-state index in [1.807, 2.05) is 45.2 Å². The van der Waals surface area contributed by atoms with Crippen molar-refractivity contribution in [3.63, 3.8) is 0 Å². The molecule has 0 aliphatic heterocycles. The van der Waals surface area contributed by atoms with E-state index < -0.39 is 5.97 Å². The van der Waals surface area contributed by atoms with Crippen LogP contribution in [-0.4, -0.2) is 22.4 Å². The van der Waals surface area contributed by atoms with Crippen molar-refractivity contribution in [3.05, 3.63) is 92.6 Å². The summed E-state index contributed by atoms with van der Waals surface area (Å²) in [5.41, 5.74) is 4.34. The molecule has 4 rings (SSSR count). The molecule has 35 heavy (non-hydrogen) atoms. The molecule has 2 aromatic carbocycles. The lowest BCUT2D eigenvalue weighted by atomic mass is 9.99. The number of fused-ring (bicyclic) bond motifs is 1. The molecule has 0 saturated carbocycles. The average molecular weight is 470 g/mol. The van der Waals surface area contributed by atoms with Gasteiger partial charge in [0.1, 0.15) is 5.58 Å². The molecule has 0 radical (unpaired) electrons.